The molecule has 1 aromatic rings. The fourth-order valence-electron chi connectivity index (χ4n) is 2.37. The highest BCUT2D eigenvalue weighted by molar-refractivity contribution is 5.80. The van der Waals surface area contributed by atoms with Crippen LogP contribution in [-0.2, 0) is 10.2 Å². The van der Waals surface area contributed by atoms with Crippen LogP contribution in [0.4, 0.5) is 0 Å². The minimum absolute atomic E-state index is 0.0612. The molecule has 15 heavy (non-hydrogen) atoms. The number of Topliss-reactive ketones (excluding diaryl/α,β-unsaturated/α-hetero) is 1. The first-order chi connectivity index (χ1) is 7.01. The Bertz CT molecular complexity index is 370. The highest BCUT2D eigenvalue weighted by Crippen LogP contribution is 2.38. The molecule has 1 aliphatic rings. The first kappa shape index (κ1) is 10.5. The van der Waals surface area contributed by atoms with Gasteiger partial charge in [-0.3, -0.25) is 4.79 Å². The van der Waals surface area contributed by atoms with Gasteiger partial charge in [0.25, 0.3) is 0 Å². The lowest BCUT2D eigenvalue weighted by molar-refractivity contribution is -0.122. The molecule has 2 rings (SSSR count). The summed E-state index contributed by atoms with van der Waals surface area (Å²) < 4.78 is 5.75. The molecule has 0 saturated heterocycles. The lowest BCUT2D eigenvalue weighted by Crippen LogP contribution is -2.29. The van der Waals surface area contributed by atoms with E-state index in [1.165, 1.54) is 5.56 Å². The van der Waals surface area contributed by atoms with Crippen LogP contribution in [0, 0.1) is 13.8 Å². The largest absolute Gasteiger partial charge is 0.466 e. The summed E-state index contributed by atoms with van der Waals surface area (Å²) in [6.07, 6.45) is 3.44. The molecule has 82 valence electrons. The summed E-state index contributed by atoms with van der Waals surface area (Å²) in [5.74, 6) is 2.34. The Kier molecular flexibility index (Phi) is 2.45. The molecular formula is C13H18O2. The van der Waals surface area contributed by atoms with E-state index in [4.69, 9.17) is 4.42 Å². The molecule has 2 heteroatoms. The minimum Gasteiger partial charge on any atom is -0.466 e. The Labute approximate surface area is 90.7 Å². The monoisotopic (exact) mass is 206 g/mol. The van der Waals surface area contributed by atoms with Crippen LogP contribution < -0.4 is 0 Å². The van der Waals surface area contributed by atoms with Gasteiger partial charge < -0.3 is 4.42 Å². The van der Waals surface area contributed by atoms with Gasteiger partial charge in [0.2, 0.25) is 0 Å². The molecule has 1 heterocycles. The molecule has 0 aliphatic heterocycles. The van der Waals surface area contributed by atoms with Crippen molar-refractivity contribution >= 4 is 5.78 Å². The second-order valence-electron chi connectivity index (χ2n) is 4.98. The summed E-state index contributed by atoms with van der Waals surface area (Å²) in [7, 11) is 0. The van der Waals surface area contributed by atoms with Gasteiger partial charge in [0.15, 0.2) is 0 Å². The van der Waals surface area contributed by atoms with Crippen LogP contribution in [-0.4, -0.2) is 5.78 Å². The van der Waals surface area contributed by atoms with Crippen molar-refractivity contribution < 1.29 is 9.21 Å². The molecule has 0 bridgehead atoms. The van der Waals surface area contributed by atoms with Crippen molar-refractivity contribution in [3.63, 3.8) is 0 Å². The quantitative estimate of drug-likeness (QED) is 0.705. The summed E-state index contributed by atoms with van der Waals surface area (Å²) in [5, 5.41) is 0. The predicted octanol–water partition coefficient (Wildman–Crippen LogP) is 3.30. The average Bonchev–Trinajstić information content (AvgIpc) is 2.47. The van der Waals surface area contributed by atoms with Crippen molar-refractivity contribution in [1.82, 2.24) is 0 Å². The molecular weight excluding hydrogens is 188 g/mol. The number of rotatable bonds is 1. The van der Waals surface area contributed by atoms with E-state index in [1.807, 2.05) is 6.92 Å². The van der Waals surface area contributed by atoms with Crippen LogP contribution in [0.5, 0.6) is 0 Å². The fraction of sp³-hybridized carbons (Fsp3) is 0.615. The van der Waals surface area contributed by atoms with Gasteiger partial charge >= 0.3 is 0 Å². The number of furan rings is 1. The highest BCUT2D eigenvalue weighted by atomic mass is 16.3. The van der Waals surface area contributed by atoms with E-state index in [-0.39, 0.29) is 5.41 Å². The van der Waals surface area contributed by atoms with E-state index in [1.54, 1.807) is 0 Å². The van der Waals surface area contributed by atoms with E-state index in [0.29, 0.717) is 12.2 Å². The Morgan fingerprint density at radius 2 is 2.13 bits per heavy atom. The molecule has 0 spiro atoms. The smallest absolute Gasteiger partial charge is 0.133 e. The number of hydrogen-bond acceptors (Lipinski definition) is 2. The van der Waals surface area contributed by atoms with Crippen molar-refractivity contribution in [2.45, 2.75) is 51.9 Å². The third-order valence-electron chi connectivity index (χ3n) is 3.53. The molecule has 0 aromatic carbocycles. The van der Waals surface area contributed by atoms with Gasteiger partial charge in [-0.1, -0.05) is 6.92 Å². The van der Waals surface area contributed by atoms with Crippen molar-refractivity contribution in [2.75, 3.05) is 0 Å². The van der Waals surface area contributed by atoms with Gasteiger partial charge in [-0.2, -0.15) is 0 Å². The molecule has 1 atom stereocenters. The summed E-state index contributed by atoms with van der Waals surface area (Å²) in [4.78, 5) is 11.5. The molecule has 0 amide bonds. The fourth-order valence-corrected chi connectivity index (χ4v) is 2.37. The maximum Gasteiger partial charge on any atom is 0.133 e. The maximum absolute atomic E-state index is 11.5. The lowest BCUT2D eigenvalue weighted by Gasteiger charge is -2.30. The van der Waals surface area contributed by atoms with Gasteiger partial charge in [0.05, 0.1) is 0 Å². The number of carbonyl (C=O) groups excluding carboxylic acids is 1. The van der Waals surface area contributed by atoms with Gasteiger partial charge in [-0.25, -0.2) is 0 Å². The molecule has 1 fully saturated rings. The number of hydrogen-bond donors (Lipinski definition) is 0. The van der Waals surface area contributed by atoms with Crippen molar-refractivity contribution in [3.8, 4) is 0 Å². The number of carbonyl (C=O) groups is 1. The standard InChI is InChI=1S/C13H18O2/c1-9-7-12(15-10(9)2)13(3)6-4-5-11(14)8-13/h7H,4-6,8H2,1-3H3. The zero-order chi connectivity index (χ0) is 11.1. The van der Waals surface area contributed by atoms with E-state index in [2.05, 4.69) is 19.9 Å². The second kappa shape index (κ2) is 3.51. The molecule has 1 saturated carbocycles. The second-order valence-corrected chi connectivity index (χ2v) is 4.98. The van der Waals surface area contributed by atoms with E-state index < -0.39 is 0 Å². The number of aryl methyl sites for hydroxylation is 2. The molecule has 1 unspecified atom stereocenters. The van der Waals surface area contributed by atoms with E-state index >= 15 is 0 Å². The lowest BCUT2D eigenvalue weighted by atomic mass is 9.73. The molecule has 2 nitrogen and oxygen atoms in total. The summed E-state index contributed by atoms with van der Waals surface area (Å²) >= 11 is 0. The van der Waals surface area contributed by atoms with Crippen LogP contribution in [0.1, 0.15) is 49.7 Å². The zero-order valence-corrected chi connectivity index (χ0v) is 9.72. The minimum atomic E-state index is -0.0612. The predicted molar refractivity (Wildman–Crippen MR) is 59.0 cm³/mol. The van der Waals surface area contributed by atoms with Crippen LogP contribution in [0.15, 0.2) is 10.5 Å². The van der Waals surface area contributed by atoms with E-state index in [9.17, 15) is 4.79 Å². The maximum atomic E-state index is 11.5. The van der Waals surface area contributed by atoms with Gasteiger partial charge in [-0.05, 0) is 38.3 Å². The Balaban J connectivity index is 2.31. The summed E-state index contributed by atoms with van der Waals surface area (Å²) in [6, 6.07) is 2.09. The van der Waals surface area contributed by atoms with Crippen molar-refractivity contribution in [1.29, 1.82) is 0 Å². The summed E-state index contributed by atoms with van der Waals surface area (Å²) in [6.45, 7) is 6.17. The van der Waals surface area contributed by atoms with Crippen LogP contribution in [0.3, 0.4) is 0 Å². The van der Waals surface area contributed by atoms with Crippen LogP contribution in [0.2, 0.25) is 0 Å². The summed E-state index contributed by atoms with van der Waals surface area (Å²) in [5.41, 5.74) is 1.12. The van der Waals surface area contributed by atoms with Crippen molar-refractivity contribution in [2.24, 2.45) is 0 Å². The Hall–Kier alpha value is -1.05. The third-order valence-corrected chi connectivity index (χ3v) is 3.53. The highest BCUT2D eigenvalue weighted by Gasteiger charge is 2.35. The normalized spacial score (nSPS) is 27.0. The SMILES string of the molecule is Cc1cc(C2(C)CCCC(=O)C2)oc1C. The van der Waals surface area contributed by atoms with Gasteiger partial charge in [0, 0.05) is 18.3 Å². The van der Waals surface area contributed by atoms with Crippen molar-refractivity contribution in [3.05, 3.63) is 23.2 Å². The molecule has 1 aromatic heterocycles. The topological polar surface area (TPSA) is 30.2 Å². The van der Waals surface area contributed by atoms with Crippen LogP contribution >= 0.6 is 0 Å². The molecule has 0 N–H and O–H groups in total. The molecule has 1 aliphatic carbocycles. The van der Waals surface area contributed by atoms with E-state index in [0.717, 1.165) is 30.8 Å². The van der Waals surface area contributed by atoms with Crippen LogP contribution in [0.25, 0.3) is 0 Å². The third kappa shape index (κ3) is 1.85. The average molecular weight is 206 g/mol. The Morgan fingerprint density at radius 1 is 1.40 bits per heavy atom. The Morgan fingerprint density at radius 3 is 2.67 bits per heavy atom. The number of ketones is 1. The first-order valence-corrected chi connectivity index (χ1v) is 5.60. The first-order valence-electron chi connectivity index (χ1n) is 5.60. The molecule has 0 radical (unpaired) electrons. The zero-order valence-electron chi connectivity index (χ0n) is 9.72. The van der Waals surface area contributed by atoms with Gasteiger partial charge in [0.1, 0.15) is 17.3 Å². The van der Waals surface area contributed by atoms with Gasteiger partial charge in [-0.15, -0.1) is 0 Å².